The van der Waals surface area contributed by atoms with Gasteiger partial charge in [-0.3, -0.25) is 9.69 Å². The molecule has 1 fully saturated rings. The summed E-state index contributed by atoms with van der Waals surface area (Å²) in [4.78, 5) is 17.2. The minimum absolute atomic E-state index is 0.235. The van der Waals surface area contributed by atoms with Crippen molar-refractivity contribution < 1.29 is 14.3 Å². The minimum atomic E-state index is -0.235. The lowest BCUT2D eigenvalue weighted by Crippen LogP contribution is -2.46. The highest BCUT2D eigenvalue weighted by Crippen LogP contribution is 2.28. The standard InChI is InChI=1S/C27H30N4O3/c1-33-24-13-9-21(10-14-24)19-28-29-27(32)23-11-7-22(8-12-23)20-30-15-17-31(18-16-30)25-5-3-4-6-26(25)34-2/h3-14,19H,15-18,20H2,1-2H3,(H,29,32)/b28-19-. The highest BCUT2D eigenvalue weighted by atomic mass is 16.5. The van der Waals surface area contributed by atoms with Crippen molar-refractivity contribution in [2.45, 2.75) is 6.54 Å². The van der Waals surface area contributed by atoms with Crippen LogP contribution < -0.4 is 19.8 Å². The van der Waals surface area contributed by atoms with E-state index in [0.29, 0.717) is 5.56 Å². The molecular weight excluding hydrogens is 428 g/mol. The van der Waals surface area contributed by atoms with Crippen LogP contribution in [0.4, 0.5) is 5.69 Å². The van der Waals surface area contributed by atoms with Gasteiger partial charge in [0.1, 0.15) is 11.5 Å². The molecule has 0 atom stereocenters. The van der Waals surface area contributed by atoms with E-state index >= 15 is 0 Å². The molecule has 3 aromatic rings. The van der Waals surface area contributed by atoms with Crippen LogP contribution in [0.2, 0.25) is 0 Å². The fraction of sp³-hybridized carbons (Fsp3) is 0.259. The molecule has 0 radical (unpaired) electrons. The number of methoxy groups -OCH3 is 2. The third-order valence-electron chi connectivity index (χ3n) is 5.92. The SMILES string of the molecule is COc1ccc(/C=N\NC(=O)c2ccc(CN3CCN(c4ccccc4OC)CC3)cc2)cc1. The predicted molar refractivity (Wildman–Crippen MR) is 135 cm³/mol. The van der Waals surface area contributed by atoms with E-state index in [9.17, 15) is 4.79 Å². The monoisotopic (exact) mass is 458 g/mol. The molecule has 1 amide bonds. The Kier molecular flexibility index (Phi) is 7.78. The van der Waals surface area contributed by atoms with Crippen LogP contribution in [-0.2, 0) is 6.54 Å². The number of carbonyl (C=O) groups is 1. The molecule has 1 heterocycles. The lowest BCUT2D eigenvalue weighted by atomic mass is 10.1. The third-order valence-corrected chi connectivity index (χ3v) is 5.92. The summed E-state index contributed by atoms with van der Waals surface area (Å²) in [5.74, 6) is 1.46. The molecule has 0 unspecified atom stereocenters. The van der Waals surface area contributed by atoms with Gasteiger partial charge in [0, 0.05) is 38.3 Å². The Hall–Kier alpha value is -3.84. The Labute approximate surface area is 200 Å². The molecule has 0 aliphatic carbocycles. The molecule has 1 aliphatic heterocycles. The number of nitrogens with one attached hydrogen (secondary N) is 1. The Bertz CT molecular complexity index is 1110. The molecule has 3 aromatic carbocycles. The summed E-state index contributed by atoms with van der Waals surface area (Å²) in [6.45, 7) is 4.71. The third kappa shape index (κ3) is 5.94. The van der Waals surface area contributed by atoms with E-state index in [0.717, 1.165) is 55.5 Å². The van der Waals surface area contributed by atoms with Crippen LogP contribution in [-0.4, -0.2) is 57.4 Å². The van der Waals surface area contributed by atoms with Gasteiger partial charge < -0.3 is 14.4 Å². The highest BCUT2D eigenvalue weighted by Gasteiger charge is 2.19. The van der Waals surface area contributed by atoms with Gasteiger partial charge in [-0.15, -0.1) is 0 Å². The van der Waals surface area contributed by atoms with Gasteiger partial charge in [0.15, 0.2) is 0 Å². The van der Waals surface area contributed by atoms with Gasteiger partial charge in [0.25, 0.3) is 5.91 Å². The van der Waals surface area contributed by atoms with Gasteiger partial charge >= 0.3 is 0 Å². The molecule has 1 saturated heterocycles. The molecule has 4 rings (SSSR count). The fourth-order valence-corrected chi connectivity index (χ4v) is 3.98. The van der Waals surface area contributed by atoms with Gasteiger partial charge in [0.05, 0.1) is 26.1 Å². The van der Waals surface area contributed by atoms with E-state index in [1.54, 1.807) is 20.4 Å². The number of carbonyl (C=O) groups excluding carboxylic acids is 1. The summed E-state index contributed by atoms with van der Waals surface area (Å²) in [7, 11) is 3.34. The summed E-state index contributed by atoms with van der Waals surface area (Å²) < 4.78 is 10.6. The van der Waals surface area contributed by atoms with Crippen molar-refractivity contribution in [3.8, 4) is 11.5 Å². The molecule has 0 aromatic heterocycles. The van der Waals surface area contributed by atoms with Crippen LogP contribution in [0.5, 0.6) is 11.5 Å². The van der Waals surface area contributed by atoms with Crippen molar-refractivity contribution in [2.75, 3.05) is 45.3 Å². The Balaban J connectivity index is 1.26. The molecule has 0 bridgehead atoms. The average Bonchev–Trinajstić information content (AvgIpc) is 2.90. The molecule has 7 nitrogen and oxygen atoms in total. The van der Waals surface area contributed by atoms with Gasteiger partial charge in [-0.05, 0) is 59.7 Å². The van der Waals surface area contributed by atoms with Crippen LogP contribution >= 0.6 is 0 Å². The summed E-state index contributed by atoms with van der Waals surface area (Å²) in [6.07, 6.45) is 1.61. The minimum Gasteiger partial charge on any atom is -0.497 e. The normalized spacial score (nSPS) is 14.2. The van der Waals surface area contributed by atoms with Crippen LogP contribution in [0, 0.1) is 0 Å². The van der Waals surface area contributed by atoms with E-state index in [-0.39, 0.29) is 5.91 Å². The van der Waals surface area contributed by atoms with Gasteiger partial charge in [0.2, 0.25) is 0 Å². The number of hydrazone groups is 1. The first kappa shape index (κ1) is 23.3. The van der Waals surface area contributed by atoms with E-state index in [1.807, 2.05) is 66.7 Å². The summed E-state index contributed by atoms with van der Waals surface area (Å²) >= 11 is 0. The first-order valence-corrected chi connectivity index (χ1v) is 11.3. The Morgan fingerprint density at radius 3 is 2.29 bits per heavy atom. The maximum Gasteiger partial charge on any atom is 0.271 e. The number of para-hydroxylation sites is 2. The van der Waals surface area contributed by atoms with Crippen molar-refractivity contribution in [2.24, 2.45) is 5.10 Å². The zero-order chi connectivity index (χ0) is 23.8. The number of hydrogen-bond donors (Lipinski definition) is 1. The van der Waals surface area contributed by atoms with Crippen LogP contribution in [0.25, 0.3) is 0 Å². The molecule has 0 spiro atoms. The van der Waals surface area contributed by atoms with Crippen molar-refractivity contribution in [3.05, 3.63) is 89.5 Å². The average molecular weight is 459 g/mol. The number of anilines is 1. The smallest absolute Gasteiger partial charge is 0.271 e. The first-order chi connectivity index (χ1) is 16.7. The highest BCUT2D eigenvalue weighted by molar-refractivity contribution is 5.94. The number of benzene rings is 3. The van der Waals surface area contributed by atoms with E-state index < -0.39 is 0 Å². The number of amides is 1. The maximum atomic E-state index is 12.4. The number of ether oxygens (including phenoxy) is 2. The van der Waals surface area contributed by atoms with E-state index in [1.165, 1.54) is 5.56 Å². The fourth-order valence-electron chi connectivity index (χ4n) is 3.98. The molecule has 1 N–H and O–H groups in total. The zero-order valence-electron chi connectivity index (χ0n) is 19.6. The van der Waals surface area contributed by atoms with Crippen molar-refractivity contribution in [1.29, 1.82) is 0 Å². The lowest BCUT2D eigenvalue weighted by Gasteiger charge is -2.36. The Morgan fingerprint density at radius 2 is 1.62 bits per heavy atom. The maximum absolute atomic E-state index is 12.4. The molecular formula is C27H30N4O3. The number of rotatable bonds is 8. The molecule has 1 aliphatic rings. The molecule has 34 heavy (non-hydrogen) atoms. The second-order valence-electron chi connectivity index (χ2n) is 8.10. The van der Waals surface area contributed by atoms with Crippen LogP contribution in [0.1, 0.15) is 21.5 Å². The van der Waals surface area contributed by atoms with Crippen molar-refractivity contribution in [3.63, 3.8) is 0 Å². The molecule has 7 heteroatoms. The Morgan fingerprint density at radius 1 is 0.912 bits per heavy atom. The molecule has 176 valence electrons. The summed E-state index contributed by atoms with van der Waals surface area (Å²) in [5, 5.41) is 4.05. The number of hydrogen-bond acceptors (Lipinski definition) is 6. The van der Waals surface area contributed by atoms with E-state index in [2.05, 4.69) is 26.4 Å². The zero-order valence-corrected chi connectivity index (χ0v) is 19.6. The second-order valence-corrected chi connectivity index (χ2v) is 8.10. The predicted octanol–water partition coefficient (Wildman–Crippen LogP) is 3.79. The van der Waals surface area contributed by atoms with Gasteiger partial charge in [-0.25, -0.2) is 5.43 Å². The van der Waals surface area contributed by atoms with Crippen molar-refractivity contribution >= 4 is 17.8 Å². The lowest BCUT2D eigenvalue weighted by molar-refractivity contribution is 0.0955. The summed E-state index contributed by atoms with van der Waals surface area (Å²) in [5.41, 5.74) is 6.37. The largest absolute Gasteiger partial charge is 0.497 e. The molecule has 0 saturated carbocycles. The van der Waals surface area contributed by atoms with Gasteiger partial charge in [-0.2, -0.15) is 5.10 Å². The van der Waals surface area contributed by atoms with Crippen LogP contribution in [0.3, 0.4) is 0 Å². The number of piperazine rings is 1. The second kappa shape index (κ2) is 11.3. The quantitative estimate of drug-likeness (QED) is 0.411. The number of nitrogens with zero attached hydrogens (tertiary/aromatic N) is 3. The van der Waals surface area contributed by atoms with Crippen LogP contribution in [0.15, 0.2) is 77.9 Å². The van der Waals surface area contributed by atoms with Gasteiger partial charge in [-0.1, -0.05) is 24.3 Å². The van der Waals surface area contributed by atoms with E-state index in [4.69, 9.17) is 9.47 Å². The summed E-state index contributed by atoms with van der Waals surface area (Å²) in [6, 6.07) is 23.3. The topological polar surface area (TPSA) is 66.4 Å². The van der Waals surface area contributed by atoms with Crippen molar-refractivity contribution in [1.82, 2.24) is 10.3 Å². The first-order valence-electron chi connectivity index (χ1n) is 11.3.